The van der Waals surface area contributed by atoms with Gasteiger partial charge in [0, 0.05) is 16.5 Å². The van der Waals surface area contributed by atoms with Crippen LogP contribution in [0.1, 0.15) is 18.6 Å². The number of phenols is 1. The average Bonchev–Trinajstić information content (AvgIpc) is 2.85. The molecule has 2 atom stereocenters. The molecule has 0 saturated heterocycles. The fourth-order valence-corrected chi connectivity index (χ4v) is 3.65. The van der Waals surface area contributed by atoms with E-state index in [-0.39, 0.29) is 0 Å². The van der Waals surface area contributed by atoms with Crippen molar-refractivity contribution >= 4 is 40.8 Å². The molecule has 3 aromatic carbocycles. The second-order valence-corrected chi connectivity index (χ2v) is 8.56. The molecule has 0 unspecified atom stereocenters. The number of hydrogen-bond acceptors (Lipinski definition) is 6. The number of benzene rings is 3. The highest BCUT2D eigenvalue weighted by atomic mass is 32.2. The van der Waals surface area contributed by atoms with Crippen LogP contribution in [0.15, 0.2) is 83.8 Å². The maximum Gasteiger partial charge on any atom is 0.412 e. The molecule has 3 aromatic rings. The number of anilines is 3. The minimum absolute atomic E-state index is 0.318. The molecule has 0 saturated carbocycles. The van der Waals surface area contributed by atoms with Crippen molar-refractivity contribution in [3.63, 3.8) is 0 Å². The molecule has 0 spiro atoms. The standard InChI is InChI=1S/C26H26FN3O4S/c1-16(7-14-24(32)30-22-6-4-3-5-21(22)28)25(17-8-13-23(31)20(27)15-17)34-26(33)29-18-9-11-19(35-2)12-10-18/h3-16,25,31H,28H2,1-2H3,(H,29,33)(H,30,32)/b14-7+/t16-,25-/m1/s1. The number of phenolic OH excluding ortho intramolecular Hbond substituents is 1. The molecule has 182 valence electrons. The highest BCUT2D eigenvalue weighted by molar-refractivity contribution is 7.98. The summed E-state index contributed by atoms with van der Waals surface area (Å²) in [6, 6.07) is 17.8. The Bertz CT molecular complexity index is 1220. The Balaban J connectivity index is 1.75. The van der Waals surface area contributed by atoms with E-state index in [9.17, 15) is 19.1 Å². The molecule has 0 aliphatic carbocycles. The van der Waals surface area contributed by atoms with Crippen LogP contribution in [0.3, 0.4) is 0 Å². The number of thioether (sulfide) groups is 1. The van der Waals surface area contributed by atoms with Gasteiger partial charge in [0.1, 0.15) is 6.10 Å². The van der Waals surface area contributed by atoms with Crippen LogP contribution in [-0.2, 0) is 9.53 Å². The van der Waals surface area contributed by atoms with E-state index in [2.05, 4.69) is 10.6 Å². The molecule has 0 fully saturated rings. The number of carbonyl (C=O) groups is 2. The minimum Gasteiger partial charge on any atom is -0.505 e. The lowest BCUT2D eigenvalue weighted by atomic mass is 9.96. The Kier molecular flexibility index (Phi) is 8.74. The maximum atomic E-state index is 14.1. The third-order valence-electron chi connectivity index (χ3n) is 5.12. The number of carbonyl (C=O) groups excluding carboxylic acids is 2. The van der Waals surface area contributed by atoms with Gasteiger partial charge in [-0.3, -0.25) is 10.1 Å². The van der Waals surface area contributed by atoms with Gasteiger partial charge in [-0.15, -0.1) is 11.8 Å². The molecular formula is C26H26FN3O4S. The number of ether oxygens (including phenoxy) is 1. The van der Waals surface area contributed by atoms with E-state index in [1.807, 2.05) is 18.4 Å². The van der Waals surface area contributed by atoms with Crippen LogP contribution >= 0.6 is 11.8 Å². The second-order valence-electron chi connectivity index (χ2n) is 7.68. The van der Waals surface area contributed by atoms with Gasteiger partial charge in [0.05, 0.1) is 11.4 Å². The first-order valence-electron chi connectivity index (χ1n) is 10.7. The number of hydrogen-bond donors (Lipinski definition) is 4. The monoisotopic (exact) mass is 495 g/mol. The van der Waals surface area contributed by atoms with Gasteiger partial charge in [-0.1, -0.05) is 31.2 Å². The van der Waals surface area contributed by atoms with Crippen molar-refractivity contribution in [2.75, 3.05) is 22.6 Å². The number of para-hydroxylation sites is 2. The number of aromatic hydroxyl groups is 1. The van der Waals surface area contributed by atoms with Gasteiger partial charge in [-0.2, -0.15) is 0 Å². The normalized spacial score (nSPS) is 12.7. The van der Waals surface area contributed by atoms with Crippen molar-refractivity contribution in [2.24, 2.45) is 5.92 Å². The number of nitrogens with one attached hydrogen (secondary N) is 2. The molecule has 0 heterocycles. The molecule has 2 amide bonds. The zero-order valence-corrected chi connectivity index (χ0v) is 20.0. The molecule has 3 rings (SSSR count). The van der Waals surface area contributed by atoms with Gasteiger partial charge >= 0.3 is 6.09 Å². The molecule has 5 N–H and O–H groups in total. The second kappa shape index (κ2) is 11.9. The van der Waals surface area contributed by atoms with E-state index >= 15 is 0 Å². The van der Waals surface area contributed by atoms with Crippen LogP contribution in [0.25, 0.3) is 0 Å². The van der Waals surface area contributed by atoms with E-state index in [0.29, 0.717) is 22.6 Å². The summed E-state index contributed by atoms with van der Waals surface area (Å²) < 4.78 is 19.7. The van der Waals surface area contributed by atoms with E-state index < -0.39 is 35.6 Å². The fraction of sp³-hybridized carbons (Fsp3) is 0.154. The highest BCUT2D eigenvalue weighted by Crippen LogP contribution is 2.31. The first kappa shape index (κ1) is 25.6. The van der Waals surface area contributed by atoms with E-state index in [0.717, 1.165) is 11.0 Å². The predicted octanol–water partition coefficient (Wildman–Crippen LogP) is 5.96. The Morgan fingerprint density at radius 2 is 1.80 bits per heavy atom. The molecule has 0 aromatic heterocycles. The summed E-state index contributed by atoms with van der Waals surface area (Å²) in [5.41, 5.74) is 7.59. The summed E-state index contributed by atoms with van der Waals surface area (Å²) in [6.07, 6.45) is 3.10. The zero-order valence-electron chi connectivity index (χ0n) is 19.2. The van der Waals surface area contributed by atoms with Crippen LogP contribution in [0.2, 0.25) is 0 Å². The van der Waals surface area contributed by atoms with Crippen LogP contribution in [0, 0.1) is 11.7 Å². The first-order chi connectivity index (χ1) is 16.8. The van der Waals surface area contributed by atoms with Gasteiger partial charge in [0.15, 0.2) is 11.6 Å². The molecule has 0 aliphatic rings. The van der Waals surface area contributed by atoms with Crippen molar-refractivity contribution in [1.82, 2.24) is 0 Å². The number of halogens is 1. The summed E-state index contributed by atoms with van der Waals surface area (Å²) >= 11 is 1.57. The lowest BCUT2D eigenvalue weighted by Gasteiger charge is -2.23. The topological polar surface area (TPSA) is 114 Å². The van der Waals surface area contributed by atoms with Gasteiger partial charge in [-0.05, 0) is 66.4 Å². The minimum atomic E-state index is -0.943. The molecule has 9 heteroatoms. The largest absolute Gasteiger partial charge is 0.505 e. The lowest BCUT2D eigenvalue weighted by molar-refractivity contribution is -0.111. The summed E-state index contributed by atoms with van der Waals surface area (Å²) in [4.78, 5) is 26.0. The van der Waals surface area contributed by atoms with Crippen LogP contribution in [0.5, 0.6) is 5.75 Å². The molecule has 0 bridgehead atoms. The molecular weight excluding hydrogens is 469 g/mol. The fourth-order valence-electron chi connectivity index (χ4n) is 3.24. The quantitative estimate of drug-likeness (QED) is 0.174. The number of rotatable bonds is 8. The smallest absolute Gasteiger partial charge is 0.412 e. The van der Waals surface area contributed by atoms with Crippen molar-refractivity contribution in [2.45, 2.75) is 17.9 Å². The summed E-state index contributed by atoms with van der Waals surface area (Å²) in [7, 11) is 0. The summed E-state index contributed by atoms with van der Waals surface area (Å²) in [5, 5.41) is 14.9. The zero-order chi connectivity index (χ0) is 25.4. The highest BCUT2D eigenvalue weighted by Gasteiger charge is 2.24. The van der Waals surface area contributed by atoms with Crippen molar-refractivity contribution < 1.29 is 23.8 Å². The number of amides is 2. The van der Waals surface area contributed by atoms with Gasteiger partial charge in [-0.25, -0.2) is 9.18 Å². The number of nitrogen functional groups attached to an aromatic ring is 1. The van der Waals surface area contributed by atoms with Crippen LogP contribution in [-0.4, -0.2) is 23.4 Å². The van der Waals surface area contributed by atoms with Gasteiger partial charge < -0.3 is 20.9 Å². The molecule has 35 heavy (non-hydrogen) atoms. The third kappa shape index (κ3) is 7.25. The van der Waals surface area contributed by atoms with Crippen LogP contribution in [0.4, 0.5) is 26.2 Å². The SMILES string of the molecule is CSc1ccc(NC(=O)O[C@@H](c2ccc(O)c(F)c2)[C@H](C)/C=C/C(=O)Nc2ccccc2N)cc1. The Hall–Kier alpha value is -3.98. The van der Waals surface area contributed by atoms with Gasteiger partial charge in [0.2, 0.25) is 5.91 Å². The van der Waals surface area contributed by atoms with Crippen LogP contribution < -0.4 is 16.4 Å². The Labute approximate surface area is 207 Å². The third-order valence-corrected chi connectivity index (χ3v) is 5.86. The van der Waals surface area contributed by atoms with Crippen molar-refractivity contribution in [3.8, 4) is 5.75 Å². The molecule has 0 aliphatic heterocycles. The van der Waals surface area contributed by atoms with Crippen molar-refractivity contribution in [1.29, 1.82) is 0 Å². The average molecular weight is 496 g/mol. The lowest BCUT2D eigenvalue weighted by Crippen LogP contribution is -2.21. The first-order valence-corrected chi connectivity index (χ1v) is 11.9. The number of nitrogens with two attached hydrogens (primary N) is 1. The summed E-state index contributed by atoms with van der Waals surface area (Å²) in [6.45, 7) is 1.72. The van der Waals surface area contributed by atoms with Gasteiger partial charge in [0.25, 0.3) is 0 Å². The molecule has 0 radical (unpaired) electrons. The van der Waals surface area contributed by atoms with E-state index in [4.69, 9.17) is 10.5 Å². The summed E-state index contributed by atoms with van der Waals surface area (Å²) in [5.74, 6) is -2.32. The predicted molar refractivity (Wildman–Crippen MR) is 137 cm³/mol. The van der Waals surface area contributed by atoms with E-state index in [1.54, 1.807) is 61.2 Å². The molecule has 7 nitrogen and oxygen atoms in total. The Morgan fingerprint density at radius 1 is 1.09 bits per heavy atom. The Morgan fingerprint density at radius 3 is 2.46 bits per heavy atom. The maximum absolute atomic E-state index is 14.1. The van der Waals surface area contributed by atoms with E-state index in [1.165, 1.54) is 18.2 Å². The van der Waals surface area contributed by atoms with Crippen molar-refractivity contribution in [3.05, 3.63) is 90.3 Å².